The van der Waals surface area contributed by atoms with Crippen molar-refractivity contribution in [1.29, 1.82) is 0 Å². The van der Waals surface area contributed by atoms with Crippen LogP contribution in [-0.4, -0.2) is 30.3 Å². The zero-order chi connectivity index (χ0) is 18.4. The number of methoxy groups -OCH3 is 2. The number of nitrogens with zero attached hydrogens (tertiary/aromatic N) is 1. The Labute approximate surface area is 149 Å². The van der Waals surface area contributed by atoms with Crippen LogP contribution in [0.5, 0.6) is 5.75 Å². The van der Waals surface area contributed by atoms with Crippen molar-refractivity contribution in [3.63, 3.8) is 0 Å². The van der Waals surface area contributed by atoms with Gasteiger partial charge in [0.1, 0.15) is 11.5 Å². The van der Waals surface area contributed by atoms with E-state index in [2.05, 4.69) is 10.1 Å². The molecule has 0 spiro atoms. The van der Waals surface area contributed by atoms with Crippen LogP contribution in [0.3, 0.4) is 0 Å². The first kappa shape index (κ1) is 16.2. The van der Waals surface area contributed by atoms with Gasteiger partial charge in [0.2, 0.25) is 0 Å². The molecule has 0 fully saturated rings. The molecule has 0 aliphatic rings. The fourth-order valence-corrected chi connectivity index (χ4v) is 3.45. The number of benzene rings is 2. The number of carbonyl (C=O) groups is 1. The van der Waals surface area contributed by atoms with Crippen LogP contribution in [0.1, 0.15) is 21.8 Å². The zero-order valence-corrected chi connectivity index (χ0v) is 15.0. The Kier molecular flexibility index (Phi) is 3.68. The van der Waals surface area contributed by atoms with Crippen LogP contribution in [0, 0.1) is 13.8 Å². The maximum Gasteiger partial charge on any atom is 0.338 e. The molecule has 1 N–H and O–H groups in total. The first-order valence-corrected chi connectivity index (χ1v) is 8.18. The summed E-state index contributed by atoms with van der Waals surface area (Å²) in [5, 5.41) is 5.73. The van der Waals surface area contributed by atoms with Gasteiger partial charge in [0.25, 0.3) is 0 Å². The number of esters is 1. The molecule has 0 bridgehead atoms. The number of carbonyl (C=O) groups excluding carboxylic acids is 1. The molecular weight excluding hydrogens is 332 g/mol. The van der Waals surface area contributed by atoms with E-state index in [9.17, 15) is 4.79 Å². The largest absolute Gasteiger partial charge is 0.497 e. The maximum atomic E-state index is 12.5. The molecule has 2 aromatic carbocycles. The van der Waals surface area contributed by atoms with Crippen molar-refractivity contribution in [2.24, 2.45) is 0 Å². The Morgan fingerprint density at radius 1 is 1.12 bits per heavy atom. The molecule has 132 valence electrons. The molecular formula is C20H18N2O4. The predicted molar refractivity (Wildman–Crippen MR) is 98.7 cm³/mol. The van der Waals surface area contributed by atoms with E-state index in [1.54, 1.807) is 7.11 Å². The molecule has 2 aromatic heterocycles. The third kappa shape index (κ3) is 2.34. The van der Waals surface area contributed by atoms with Gasteiger partial charge in [0, 0.05) is 27.4 Å². The molecule has 26 heavy (non-hydrogen) atoms. The second kappa shape index (κ2) is 5.91. The van der Waals surface area contributed by atoms with Crippen molar-refractivity contribution in [2.75, 3.05) is 14.2 Å². The highest BCUT2D eigenvalue weighted by Crippen LogP contribution is 2.36. The summed E-state index contributed by atoms with van der Waals surface area (Å²) >= 11 is 0. The Balaban J connectivity index is 2.10. The number of nitrogens with one attached hydrogen (secondary N) is 1. The molecule has 6 nitrogen and oxygen atoms in total. The van der Waals surface area contributed by atoms with Crippen molar-refractivity contribution in [2.45, 2.75) is 13.8 Å². The van der Waals surface area contributed by atoms with Crippen LogP contribution < -0.4 is 4.74 Å². The van der Waals surface area contributed by atoms with E-state index in [0.29, 0.717) is 11.3 Å². The van der Waals surface area contributed by atoms with Crippen molar-refractivity contribution < 1.29 is 18.8 Å². The lowest BCUT2D eigenvalue weighted by molar-refractivity contribution is 0.0603. The van der Waals surface area contributed by atoms with Gasteiger partial charge in [0.15, 0.2) is 0 Å². The van der Waals surface area contributed by atoms with E-state index in [0.717, 1.165) is 44.4 Å². The number of hydrogen-bond donors (Lipinski definition) is 1. The summed E-state index contributed by atoms with van der Waals surface area (Å²) in [6.45, 7) is 3.73. The lowest BCUT2D eigenvalue weighted by Gasteiger charge is -2.07. The first-order chi connectivity index (χ1) is 12.5. The molecule has 2 heterocycles. The van der Waals surface area contributed by atoms with Gasteiger partial charge >= 0.3 is 5.97 Å². The molecule has 6 heteroatoms. The number of aromatic nitrogens is 2. The minimum atomic E-state index is -0.396. The molecule has 0 amide bonds. The highest BCUT2D eigenvalue weighted by Gasteiger charge is 2.20. The Bertz CT molecular complexity index is 1130. The van der Waals surface area contributed by atoms with Crippen LogP contribution in [0.4, 0.5) is 0 Å². The van der Waals surface area contributed by atoms with Gasteiger partial charge in [-0.05, 0) is 49.7 Å². The number of ether oxygens (including phenoxy) is 2. The summed E-state index contributed by atoms with van der Waals surface area (Å²) in [6, 6.07) is 9.56. The first-order valence-electron chi connectivity index (χ1n) is 8.18. The van der Waals surface area contributed by atoms with Gasteiger partial charge in [0.05, 0.1) is 25.5 Å². The summed E-state index contributed by atoms with van der Waals surface area (Å²) in [6.07, 6.45) is 0. The Morgan fingerprint density at radius 3 is 2.58 bits per heavy atom. The molecule has 0 aliphatic heterocycles. The standard InChI is InChI=1S/C20H18N2O4/c1-10-18(11(2)26-22-10)12-7-15(20(23)25-4)19-14-9-13(24-3)5-6-16(14)21-17(19)8-12/h5-9,21H,1-4H3. The third-order valence-corrected chi connectivity index (χ3v) is 4.63. The maximum absolute atomic E-state index is 12.5. The lowest BCUT2D eigenvalue weighted by atomic mass is 9.97. The number of aryl methyl sites for hydroxylation is 2. The number of hydrogen-bond acceptors (Lipinski definition) is 5. The number of H-pyrrole nitrogens is 1. The minimum absolute atomic E-state index is 0.396. The number of fused-ring (bicyclic) bond motifs is 3. The van der Waals surface area contributed by atoms with Crippen molar-refractivity contribution in [3.05, 3.63) is 47.3 Å². The lowest BCUT2D eigenvalue weighted by Crippen LogP contribution is -2.02. The van der Waals surface area contributed by atoms with Gasteiger partial charge in [-0.1, -0.05) is 5.16 Å². The number of rotatable bonds is 3. The molecule has 0 saturated carbocycles. The fraction of sp³-hybridized carbons (Fsp3) is 0.200. The summed E-state index contributed by atoms with van der Waals surface area (Å²) in [7, 11) is 3.00. The molecule has 0 radical (unpaired) electrons. The van der Waals surface area contributed by atoms with E-state index in [1.807, 2.05) is 44.2 Å². The van der Waals surface area contributed by atoms with Gasteiger partial charge in [-0.3, -0.25) is 0 Å². The average Bonchev–Trinajstić information content (AvgIpc) is 3.18. The summed E-state index contributed by atoms with van der Waals surface area (Å²) in [5.41, 5.74) is 4.75. The van der Waals surface area contributed by atoms with E-state index in [1.165, 1.54) is 7.11 Å². The van der Waals surface area contributed by atoms with Crippen molar-refractivity contribution in [3.8, 4) is 16.9 Å². The Morgan fingerprint density at radius 2 is 1.92 bits per heavy atom. The third-order valence-electron chi connectivity index (χ3n) is 4.63. The molecule has 0 atom stereocenters. The molecule has 0 aliphatic carbocycles. The summed E-state index contributed by atoms with van der Waals surface area (Å²) in [5.74, 6) is 1.03. The molecule has 0 saturated heterocycles. The van der Waals surface area contributed by atoms with Crippen LogP contribution >= 0.6 is 0 Å². The molecule has 0 unspecified atom stereocenters. The van der Waals surface area contributed by atoms with E-state index in [4.69, 9.17) is 14.0 Å². The average molecular weight is 350 g/mol. The van der Waals surface area contributed by atoms with Crippen LogP contribution in [0.2, 0.25) is 0 Å². The van der Waals surface area contributed by atoms with E-state index >= 15 is 0 Å². The Hall–Kier alpha value is -3.28. The summed E-state index contributed by atoms with van der Waals surface area (Å²) in [4.78, 5) is 15.9. The topological polar surface area (TPSA) is 77.4 Å². The predicted octanol–water partition coefficient (Wildman–Crippen LogP) is 4.39. The van der Waals surface area contributed by atoms with Crippen LogP contribution in [0.25, 0.3) is 32.9 Å². The number of aromatic amines is 1. The molecule has 4 aromatic rings. The van der Waals surface area contributed by atoms with Crippen molar-refractivity contribution >= 4 is 27.8 Å². The highest BCUT2D eigenvalue weighted by molar-refractivity contribution is 6.18. The van der Waals surface area contributed by atoms with Crippen LogP contribution in [-0.2, 0) is 4.74 Å². The molecule has 4 rings (SSSR count). The van der Waals surface area contributed by atoms with E-state index < -0.39 is 5.97 Å². The quantitative estimate of drug-likeness (QED) is 0.555. The van der Waals surface area contributed by atoms with Crippen LogP contribution in [0.15, 0.2) is 34.9 Å². The van der Waals surface area contributed by atoms with Gasteiger partial charge in [-0.2, -0.15) is 0 Å². The second-order valence-corrected chi connectivity index (χ2v) is 6.17. The van der Waals surface area contributed by atoms with Gasteiger partial charge in [-0.15, -0.1) is 0 Å². The minimum Gasteiger partial charge on any atom is -0.497 e. The zero-order valence-electron chi connectivity index (χ0n) is 15.0. The SMILES string of the molecule is COC(=O)c1cc(-c2c(C)noc2C)cc2[nH]c3ccc(OC)cc3c12. The summed E-state index contributed by atoms with van der Waals surface area (Å²) < 4.78 is 15.6. The van der Waals surface area contributed by atoms with Gasteiger partial charge in [-0.25, -0.2) is 4.79 Å². The normalized spacial score (nSPS) is 11.2. The second-order valence-electron chi connectivity index (χ2n) is 6.17. The van der Waals surface area contributed by atoms with E-state index in [-0.39, 0.29) is 0 Å². The fourth-order valence-electron chi connectivity index (χ4n) is 3.45. The van der Waals surface area contributed by atoms with Crippen molar-refractivity contribution in [1.82, 2.24) is 10.1 Å². The highest BCUT2D eigenvalue weighted by atomic mass is 16.5. The smallest absolute Gasteiger partial charge is 0.338 e. The monoisotopic (exact) mass is 350 g/mol. The van der Waals surface area contributed by atoms with Gasteiger partial charge < -0.3 is 19.0 Å².